The number of carbonyl (C=O) groups is 1. The van der Waals surface area contributed by atoms with Crippen LogP contribution in [0.2, 0.25) is 0 Å². The third kappa shape index (κ3) is 5.16. The van der Waals surface area contributed by atoms with E-state index < -0.39 is 6.10 Å². The lowest BCUT2D eigenvalue weighted by Gasteiger charge is -2.13. The molecule has 1 rings (SSSR count). The van der Waals surface area contributed by atoms with Crippen molar-refractivity contribution in [1.82, 2.24) is 10.6 Å². The number of nitrogens with one attached hydrogen (secondary N) is 2. The van der Waals surface area contributed by atoms with E-state index in [4.69, 9.17) is 4.74 Å². The zero-order chi connectivity index (χ0) is 13.4. The van der Waals surface area contributed by atoms with E-state index >= 15 is 0 Å². The Morgan fingerprint density at radius 2 is 2.22 bits per heavy atom. The topological polar surface area (TPSA) is 70.6 Å². The van der Waals surface area contributed by atoms with Crippen LogP contribution in [0.1, 0.15) is 18.6 Å². The van der Waals surface area contributed by atoms with Gasteiger partial charge in [0.25, 0.3) is 0 Å². The third-order valence-electron chi connectivity index (χ3n) is 2.49. The second-order valence-electron chi connectivity index (χ2n) is 3.98. The number of benzene rings is 1. The van der Waals surface area contributed by atoms with Crippen LogP contribution in [0.4, 0.5) is 0 Å². The summed E-state index contributed by atoms with van der Waals surface area (Å²) >= 11 is 0. The molecule has 0 aliphatic rings. The molecule has 18 heavy (non-hydrogen) atoms. The number of hydrogen-bond donors (Lipinski definition) is 3. The maximum Gasteiger partial charge on any atom is 0.216 e. The average molecular weight is 252 g/mol. The second-order valence-corrected chi connectivity index (χ2v) is 3.98. The number of rotatable bonds is 7. The van der Waals surface area contributed by atoms with Crippen LogP contribution in [-0.4, -0.2) is 37.8 Å². The summed E-state index contributed by atoms with van der Waals surface area (Å²) in [7, 11) is 1.59. The minimum Gasteiger partial charge on any atom is -0.497 e. The predicted molar refractivity (Wildman–Crippen MR) is 69.5 cm³/mol. The van der Waals surface area contributed by atoms with Gasteiger partial charge in [0.05, 0.1) is 13.2 Å². The summed E-state index contributed by atoms with van der Waals surface area (Å²) in [4.78, 5) is 10.6. The monoisotopic (exact) mass is 252 g/mol. The maximum absolute atomic E-state index is 10.6. The number of carbonyl (C=O) groups excluding carboxylic acids is 1. The van der Waals surface area contributed by atoms with Crippen molar-refractivity contribution in [3.63, 3.8) is 0 Å². The van der Waals surface area contributed by atoms with Crippen LogP contribution in [0.3, 0.4) is 0 Å². The van der Waals surface area contributed by atoms with Gasteiger partial charge in [-0.3, -0.25) is 4.79 Å². The van der Waals surface area contributed by atoms with Crippen LogP contribution in [0, 0.1) is 0 Å². The van der Waals surface area contributed by atoms with Crippen molar-refractivity contribution >= 4 is 5.91 Å². The highest BCUT2D eigenvalue weighted by Gasteiger charge is 2.07. The zero-order valence-electron chi connectivity index (χ0n) is 10.8. The first-order chi connectivity index (χ1) is 8.63. The van der Waals surface area contributed by atoms with Crippen molar-refractivity contribution in [2.75, 3.05) is 26.7 Å². The fourth-order valence-electron chi connectivity index (χ4n) is 1.53. The van der Waals surface area contributed by atoms with Gasteiger partial charge >= 0.3 is 0 Å². The Labute approximate surface area is 107 Å². The molecule has 0 aliphatic carbocycles. The number of amides is 1. The zero-order valence-corrected chi connectivity index (χ0v) is 10.8. The molecule has 0 aromatic heterocycles. The van der Waals surface area contributed by atoms with Crippen LogP contribution in [0.5, 0.6) is 5.75 Å². The minimum absolute atomic E-state index is 0.0508. The molecular formula is C13H20N2O3. The van der Waals surface area contributed by atoms with Gasteiger partial charge in [-0.2, -0.15) is 0 Å². The number of aliphatic hydroxyl groups excluding tert-OH is 1. The molecule has 1 atom stereocenters. The minimum atomic E-state index is -0.586. The summed E-state index contributed by atoms with van der Waals surface area (Å²) in [5.74, 6) is 0.676. The SMILES string of the molecule is COc1cccc(C(O)CNCCNC(C)=O)c1. The lowest BCUT2D eigenvalue weighted by molar-refractivity contribution is -0.118. The van der Waals surface area contributed by atoms with E-state index in [1.807, 2.05) is 18.2 Å². The molecule has 1 aromatic rings. The Balaban J connectivity index is 2.31. The molecule has 3 N–H and O–H groups in total. The van der Waals surface area contributed by atoms with E-state index in [0.29, 0.717) is 19.6 Å². The maximum atomic E-state index is 10.6. The Kier molecular flexibility index (Phi) is 6.18. The van der Waals surface area contributed by atoms with Crippen molar-refractivity contribution in [2.24, 2.45) is 0 Å². The predicted octanol–water partition coefficient (Wildman–Crippen LogP) is 0.454. The second kappa shape index (κ2) is 7.68. The fraction of sp³-hybridized carbons (Fsp3) is 0.462. The normalized spacial score (nSPS) is 11.9. The van der Waals surface area contributed by atoms with Gasteiger partial charge in [0, 0.05) is 26.6 Å². The molecule has 1 amide bonds. The first-order valence-corrected chi connectivity index (χ1v) is 5.90. The van der Waals surface area contributed by atoms with E-state index in [0.717, 1.165) is 11.3 Å². The number of ether oxygens (including phenoxy) is 1. The molecule has 0 bridgehead atoms. The van der Waals surface area contributed by atoms with Gasteiger partial charge in [0.1, 0.15) is 5.75 Å². The highest BCUT2D eigenvalue weighted by Crippen LogP contribution is 2.18. The number of methoxy groups -OCH3 is 1. The Bertz CT molecular complexity index is 382. The summed E-state index contributed by atoms with van der Waals surface area (Å²) in [6.07, 6.45) is -0.586. The van der Waals surface area contributed by atoms with Crippen molar-refractivity contribution < 1.29 is 14.6 Å². The number of aliphatic hydroxyl groups is 1. The summed E-state index contributed by atoms with van der Waals surface area (Å²) < 4.78 is 5.10. The van der Waals surface area contributed by atoms with Gasteiger partial charge in [0.15, 0.2) is 0 Å². The van der Waals surface area contributed by atoms with Crippen LogP contribution in [-0.2, 0) is 4.79 Å². The molecule has 0 spiro atoms. The molecule has 100 valence electrons. The molecule has 0 aliphatic heterocycles. The van der Waals surface area contributed by atoms with Gasteiger partial charge in [-0.05, 0) is 17.7 Å². The Morgan fingerprint density at radius 1 is 1.44 bits per heavy atom. The highest BCUT2D eigenvalue weighted by molar-refractivity contribution is 5.72. The van der Waals surface area contributed by atoms with Crippen molar-refractivity contribution in [2.45, 2.75) is 13.0 Å². The molecule has 1 aromatic carbocycles. The summed E-state index contributed by atoms with van der Waals surface area (Å²) in [6, 6.07) is 7.33. The van der Waals surface area contributed by atoms with Crippen LogP contribution < -0.4 is 15.4 Å². The van der Waals surface area contributed by atoms with Gasteiger partial charge < -0.3 is 20.5 Å². The van der Waals surface area contributed by atoms with Crippen LogP contribution in [0.25, 0.3) is 0 Å². The molecule has 0 radical (unpaired) electrons. The smallest absolute Gasteiger partial charge is 0.216 e. The quantitative estimate of drug-likeness (QED) is 0.616. The average Bonchev–Trinajstić information content (AvgIpc) is 2.37. The van der Waals surface area contributed by atoms with Crippen molar-refractivity contribution in [3.8, 4) is 5.75 Å². The summed E-state index contributed by atoms with van der Waals surface area (Å²) in [6.45, 7) is 3.10. The standard InChI is InChI=1S/C13H20N2O3/c1-10(16)15-7-6-14-9-13(17)11-4-3-5-12(8-11)18-2/h3-5,8,13-14,17H,6-7,9H2,1-2H3,(H,15,16). The van der Waals surface area contributed by atoms with Crippen molar-refractivity contribution in [3.05, 3.63) is 29.8 Å². The van der Waals surface area contributed by atoms with Crippen LogP contribution in [0.15, 0.2) is 24.3 Å². The van der Waals surface area contributed by atoms with Gasteiger partial charge in [-0.25, -0.2) is 0 Å². The lowest BCUT2D eigenvalue weighted by atomic mass is 10.1. The molecule has 1 unspecified atom stereocenters. The highest BCUT2D eigenvalue weighted by atomic mass is 16.5. The lowest BCUT2D eigenvalue weighted by Crippen LogP contribution is -2.32. The largest absolute Gasteiger partial charge is 0.497 e. The van der Waals surface area contributed by atoms with E-state index in [1.165, 1.54) is 6.92 Å². The van der Waals surface area contributed by atoms with E-state index in [2.05, 4.69) is 10.6 Å². The molecule has 0 saturated heterocycles. The number of hydrogen-bond acceptors (Lipinski definition) is 4. The Morgan fingerprint density at radius 3 is 2.89 bits per heavy atom. The molecular weight excluding hydrogens is 232 g/mol. The van der Waals surface area contributed by atoms with Crippen molar-refractivity contribution in [1.29, 1.82) is 0 Å². The molecule has 0 fully saturated rings. The molecule has 5 heteroatoms. The molecule has 0 heterocycles. The van der Waals surface area contributed by atoms with Gasteiger partial charge in [-0.1, -0.05) is 12.1 Å². The van der Waals surface area contributed by atoms with E-state index in [1.54, 1.807) is 13.2 Å². The van der Waals surface area contributed by atoms with Gasteiger partial charge in [-0.15, -0.1) is 0 Å². The van der Waals surface area contributed by atoms with E-state index in [-0.39, 0.29) is 5.91 Å². The fourth-order valence-corrected chi connectivity index (χ4v) is 1.53. The molecule has 5 nitrogen and oxygen atoms in total. The first kappa shape index (κ1) is 14.5. The van der Waals surface area contributed by atoms with Crippen LogP contribution >= 0.6 is 0 Å². The van der Waals surface area contributed by atoms with E-state index in [9.17, 15) is 9.90 Å². The summed E-state index contributed by atoms with van der Waals surface area (Å²) in [5.41, 5.74) is 0.807. The Hall–Kier alpha value is -1.59. The first-order valence-electron chi connectivity index (χ1n) is 5.90. The van der Waals surface area contributed by atoms with Gasteiger partial charge in [0.2, 0.25) is 5.91 Å². The molecule has 0 saturated carbocycles. The third-order valence-corrected chi connectivity index (χ3v) is 2.49. The summed E-state index contributed by atoms with van der Waals surface area (Å²) in [5, 5.41) is 15.7.